The fourth-order valence-corrected chi connectivity index (χ4v) is 5.05. The van der Waals surface area contributed by atoms with Crippen LogP contribution in [0.2, 0.25) is 0 Å². The molecule has 1 unspecified atom stereocenters. The van der Waals surface area contributed by atoms with Crippen LogP contribution in [-0.2, 0) is 41.4 Å². The number of amides is 2. The van der Waals surface area contributed by atoms with E-state index in [2.05, 4.69) is 15.6 Å². The van der Waals surface area contributed by atoms with Crippen LogP contribution in [0, 0.1) is 16.0 Å². The molecule has 0 spiro atoms. The van der Waals surface area contributed by atoms with E-state index < -0.39 is 82.0 Å². The predicted molar refractivity (Wildman–Crippen MR) is 183 cm³/mol. The average molecular weight is 719 g/mol. The molecule has 2 amide bonds. The predicted octanol–water partition coefficient (Wildman–Crippen LogP) is 2.97. The molecule has 17 heteroatoms. The van der Waals surface area contributed by atoms with Crippen molar-refractivity contribution in [3.8, 4) is 0 Å². The third kappa shape index (κ3) is 12.1. The van der Waals surface area contributed by atoms with Crippen molar-refractivity contribution >= 4 is 35.5 Å². The number of ether oxygens (including phenoxy) is 3. The van der Waals surface area contributed by atoms with Crippen LogP contribution in [0.1, 0.15) is 79.5 Å². The number of nitrogens with two attached hydrogens (primary N) is 1. The van der Waals surface area contributed by atoms with Gasteiger partial charge in [-0.3, -0.25) is 19.7 Å². The molecular weight excluding hydrogens is 668 g/mol. The number of hydrogen-bond donors (Lipinski definition) is 4. The summed E-state index contributed by atoms with van der Waals surface area (Å²) in [7, 11) is 1.03. The van der Waals surface area contributed by atoms with Crippen molar-refractivity contribution in [1.82, 2.24) is 20.2 Å². The van der Waals surface area contributed by atoms with Gasteiger partial charge in [-0.1, -0.05) is 32.4 Å². The summed E-state index contributed by atoms with van der Waals surface area (Å²) in [5.41, 5.74) is 2.59. The minimum absolute atomic E-state index is 0.0523. The molecule has 0 radical (unpaired) electrons. The number of Topliss-reactive ketones (excluding diaryl/α,β-unsaturated/α-hetero) is 1. The normalized spacial score (nSPS) is 15.3. The van der Waals surface area contributed by atoms with E-state index in [1.54, 1.807) is 48.5 Å². The number of nitro groups is 1. The molecule has 0 fully saturated rings. The lowest BCUT2D eigenvalue weighted by Crippen LogP contribution is -2.69. The minimum Gasteiger partial charge on any atom is -0.467 e. The molecular formula is C34H50N6O11. The molecule has 0 saturated carbocycles. The number of benzene rings is 1. The van der Waals surface area contributed by atoms with Crippen LogP contribution in [0.5, 0.6) is 0 Å². The first-order chi connectivity index (χ1) is 23.5. The number of hydrogen-bond acceptors (Lipinski definition) is 13. The molecule has 1 aromatic heterocycles. The topological polar surface area (TPSA) is 244 Å². The standard InChI is InChI=1S/C34H50N6O11/c1-10-20(2)34(29(44)49-9,38-27(42)17-26(41)24(35)15-21-11-13-23(14-12-21)40(47)48)28(43)25(37-30(45)50-32(3,4)5)16-22-18-39(19-36-22)31(46)51-33(6,7)8/h11-14,18-20,24-26,41H,10,15-17,35H2,1-9H3,(H,37,45)(H,38,42)/t20-,24-,25-,26?,34+/m0/s1. The summed E-state index contributed by atoms with van der Waals surface area (Å²) in [6.07, 6.45) is -1.50. The van der Waals surface area contributed by atoms with E-state index in [0.717, 1.165) is 11.7 Å². The number of non-ortho nitro benzene ring substituents is 1. The van der Waals surface area contributed by atoms with E-state index in [4.69, 9.17) is 19.9 Å². The van der Waals surface area contributed by atoms with Gasteiger partial charge < -0.3 is 35.7 Å². The van der Waals surface area contributed by atoms with Gasteiger partial charge in [0.2, 0.25) is 11.4 Å². The number of nitro benzene ring substituents is 1. The lowest BCUT2D eigenvalue weighted by atomic mass is 9.76. The number of carbonyl (C=O) groups excluding carboxylic acids is 5. The maximum atomic E-state index is 14.6. The molecule has 282 valence electrons. The van der Waals surface area contributed by atoms with Crippen LogP contribution in [-0.4, -0.2) is 91.5 Å². The Morgan fingerprint density at radius 1 is 1.02 bits per heavy atom. The highest BCUT2D eigenvalue weighted by Gasteiger charge is 2.54. The number of nitrogens with zero attached hydrogens (tertiary/aromatic N) is 3. The zero-order valence-electron chi connectivity index (χ0n) is 30.6. The van der Waals surface area contributed by atoms with Gasteiger partial charge in [-0.2, -0.15) is 0 Å². The largest absolute Gasteiger partial charge is 0.467 e. The number of aliphatic hydroxyl groups is 1. The second-order valence-electron chi connectivity index (χ2n) is 14.2. The van der Waals surface area contributed by atoms with Crippen LogP contribution in [0.15, 0.2) is 36.8 Å². The Bertz CT molecular complexity index is 1560. The van der Waals surface area contributed by atoms with Crippen LogP contribution >= 0.6 is 0 Å². The summed E-state index contributed by atoms with van der Waals surface area (Å²) in [6.45, 7) is 13.1. The number of nitrogens with one attached hydrogen (secondary N) is 2. The highest BCUT2D eigenvalue weighted by atomic mass is 16.6. The summed E-state index contributed by atoms with van der Waals surface area (Å²) in [5.74, 6) is -3.94. The van der Waals surface area contributed by atoms with Crippen LogP contribution in [0.4, 0.5) is 15.3 Å². The molecule has 0 bridgehead atoms. The van der Waals surface area contributed by atoms with Gasteiger partial charge in [-0.25, -0.2) is 23.9 Å². The Morgan fingerprint density at radius 2 is 1.61 bits per heavy atom. The zero-order chi connectivity index (χ0) is 38.9. The van der Waals surface area contributed by atoms with E-state index in [9.17, 15) is 39.2 Å². The van der Waals surface area contributed by atoms with E-state index in [-0.39, 0.29) is 30.6 Å². The Balaban J connectivity index is 2.46. The van der Waals surface area contributed by atoms with Crippen LogP contribution in [0.3, 0.4) is 0 Å². The first-order valence-electron chi connectivity index (χ1n) is 16.4. The summed E-state index contributed by atoms with van der Waals surface area (Å²) < 4.78 is 16.8. The Hall–Kier alpha value is -4.90. The van der Waals surface area contributed by atoms with Crippen molar-refractivity contribution in [2.45, 2.75) is 116 Å². The number of methoxy groups -OCH3 is 1. The summed E-state index contributed by atoms with van der Waals surface area (Å²) in [5, 5.41) is 26.8. The molecule has 5 N–H and O–H groups in total. The molecule has 5 atom stereocenters. The lowest BCUT2D eigenvalue weighted by molar-refractivity contribution is -0.384. The van der Waals surface area contributed by atoms with Gasteiger partial charge in [0.15, 0.2) is 5.78 Å². The van der Waals surface area contributed by atoms with E-state index in [1.807, 2.05) is 0 Å². The zero-order valence-corrected chi connectivity index (χ0v) is 30.6. The second-order valence-corrected chi connectivity index (χ2v) is 14.2. The van der Waals surface area contributed by atoms with Gasteiger partial charge in [-0.05, 0) is 59.4 Å². The molecule has 0 aliphatic heterocycles. The molecule has 0 aliphatic carbocycles. The highest BCUT2D eigenvalue weighted by molar-refractivity contribution is 6.14. The Kier molecular flexibility index (Phi) is 14.4. The van der Waals surface area contributed by atoms with Crippen molar-refractivity contribution in [2.24, 2.45) is 11.7 Å². The summed E-state index contributed by atoms with van der Waals surface area (Å²) in [4.78, 5) is 82.0. The molecule has 17 nitrogen and oxygen atoms in total. The fraction of sp³-hybridized carbons (Fsp3) is 0.588. The van der Waals surface area contributed by atoms with Gasteiger partial charge in [0.25, 0.3) is 5.69 Å². The quantitative estimate of drug-likeness (QED) is 0.0681. The third-order valence-corrected chi connectivity index (χ3v) is 7.75. The average Bonchev–Trinajstić information content (AvgIpc) is 3.49. The van der Waals surface area contributed by atoms with E-state index >= 15 is 0 Å². The van der Waals surface area contributed by atoms with Gasteiger partial charge >= 0.3 is 18.2 Å². The second kappa shape index (κ2) is 17.4. The summed E-state index contributed by atoms with van der Waals surface area (Å²) >= 11 is 0. The molecule has 0 saturated heterocycles. The molecule has 1 aromatic carbocycles. The third-order valence-electron chi connectivity index (χ3n) is 7.75. The fourth-order valence-electron chi connectivity index (χ4n) is 5.05. The van der Waals surface area contributed by atoms with Crippen molar-refractivity contribution in [3.63, 3.8) is 0 Å². The smallest absolute Gasteiger partial charge is 0.419 e. The number of rotatable bonds is 15. The minimum atomic E-state index is -2.38. The van der Waals surface area contributed by atoms with Crippen LogP contribution in [0.25, 0.3) is 0 Å². The number of aliphatic hydroxyl groups excluding tert-OH is 1. The molecule has 51 heavy (non-hydrogen) atoms. The molecule has 2 rings (SSSR count). The number of alkyl carbamates (subject to hydrolysis) is 1. The van der Waals surface area contributed by atoms with Crippen molar-refractivity contribution in [1.29, 1.82) is 0 Å². The number of esters is 1. The Labute approximate surface area is 296 Å². The highest BCUT2D eigenvalue weighted by Crippen LogP contribution is 2.27. The van der Waals surface area contributed by atoms with E-state index in [0.29, 0.717) is 5.56 Å². The number of imidazole rings is 1. The summed E-state index contributed by atoms with van der Waals surface area (Å²) in [6, 6.07) is 2.96. The van der Waals surface area contributed by atoms with Crippen LogP contribution < -0.4 is 16.4 Å². The number of carbonyl (C=O) groups is 5. The van der Waals surface area contributed by atoms with Gasteiger partial charge in [0.05, 0.1) is 36.3 Å². The van der Waals surface area contributed by atoms with E-state index in [1.165, 1.54) is 43.7 Å². The number of ketones is 1. The van der Waals surface area contributed by atoms with Gasteiger partial charge in [-0.15, -0.1) is 0 Å². The monoisotopic (exact) mass is 718 g/mol. The van der Waals surface area contributed by atoms with Crippen molar-refractivity contribution in [3.05, 3.63) is 58.2 Å². The Morgan fingerprint density at radius 3 is 2.12 bits per heavy atom. The first kappa shape index (κ1) is 42.3. The molecule has 1 heterocycles. The molecule has 2 aromatic rings. The molecule has 0 aliphatic rings. The van der Waals surface area contributed by atoms with Gasteiger partial charge in [0, 0.05) is 30.8 Å². The maximum Gasteiger partial charge on any atom is 0.419 e. The SMILES string of the molecule is CC[C@H](C)[C@](NC(=O)CC(O)[C@@H](N)Cc1ccc([N+](=O)[O-])cc1)(C(=O)OC)C(=O)[C@H](Cc1cn(C(=O)OC(C)(C)C)cn1)NC(=O)OC(C)(C)C. The lowest BCUT2D eigenvalue weighted by Gasteiger charge is -2.38. The maximum absolute atomic E-state index is 14.6. The van der Waals surface area contributed by atoms with Crippen molar-refractivity contribution in [2.75, 3.05) is 7.11 Å². The van der Waals surface area contributed by atoms with Gasteiger partial charge in [0.1, 0.15) is 17.5 Å². The number of aromatic nitrogens is 2. The first-order valence-corrected chi connectivity index (χ1v) is 16.4. The van der Waals surface area contributed by atoms with Crippen molar-refractivity contribution < 1.29 is 48.2 Å².